The Morgan fingerprint density at radius 1 is 1.25 bits per heavy atom. The van der Waals surface area contributed by atoms with Gasteiger partial charge in [-0.2, -0.15) is 0 Å². The van der Waals surface area contributed by atoms with E-state index < -0.39 is 0 Å². The van der Waals surface area contributed by atoms with E-state index in [1.165, 1.54) is 6.42 Å². The van der Waals surface area contributed by atoms with Crippen LogP contribution in [0.4, 0.5) is 0 Å². The molecule has 0 aromatic rings. The zero-order valence-electron chi connectivity index (χ0n) is 2.53. The first-order valence-electron chi connectivity index (χ1n) is 1.58. The smallest absolute Gasteiger partial charge is 0.143 e. The molecule has 23 valence electrons. The maximum atomic E-state index is 4.72. The van der Waals surface area contributed by atoms with E-state index in [-0.39, 0.29) is 0 Å². The molecule has 1 heteroatoms. The van der Waals surface area contributed by atoms with Gasteiger partial charge in [0.1, 0.15) is 0 Å². The van der Waals surface area contributed by atoms with Gasteiger partial charge in [-0.05, 0) is 0 Å². The van der Waals surface area contributed by atoms with Crippen LogP contribution >= 0.6 is 0 Å². The molecule has 1 fully saturated rings. The highest BCUT2D eigenvalue weighted by molar-refractivity contribution is 4.41. The van der Waals surface area contributed by atoms with E-state index in [0.717, 1.165) is 13.2 Å². The minimum atomic E-state index is 1.00. The van der Waals surface area contributed by atoms with Crippen molar-refractivity contribution in [3.8, 4) is 0 Å². The van der Waals surface area contributed by atoms with Crippen molar-refractivity contribution < 1.29 is 4.74 Å². The van der Waals surface area contributed by atoms with E-state index in [4.69, 9.17) is 4.74 Å². The van der Waals surface area contributed by atoms with E-state index in [1.54, 1.807) is 0 Å². The summed E-state index contributed by atoms with van der Waals surface area (Å²) in [5.74, 6) is 0. The van der Waals surface area contributed by atoms with Crippen molar-refractivity contribution in [3.63, 3.8) is 0 Å². The van der Waals surface area contributed by atoms with Crippen molar-refractivity contribution in [1.82, 2.24) is 0 Å². The van der Waals surface area contributed by atoms with Crippen LogP contribution < -0.4 is 0 Å². The zero-order valence-corrected chi connectivity index (χ0v) is 2.53. The highest BCUT2D eigenvalue weighted by Crippen LogP contribution is 1.92. The van der Waals surface area contributed by atoms with Gasteiger partial charge in [0.05, 0.1) is 6.42 Å². The molecule has 4 heavy (non-hydrogen) atoms. The molecule has 0 saturated carbocycles. The van der Waals surface area contributed by atoms with Crippen molar-refractivity contribution >= 4 is 0 Å². The third-order valence-electron chi connectivity index (χ3n) is 0.577. The number of rotatable bonds is 0. The Hall–Kier alpha value is -0.0400. The monoisotopic (exact) mass is 58.0 g/mol. The SMILES string of the molecule is C1C[O+]C1. The molecule has 1 radical (unpaired) electrons. The van der Waals surface area contributed by atoms with Gasteiger partial charge >= 0.3 is 0 Å². The van der Waals surface area contributed by atoms with Crippen LogP contribution in [-0.4, -0.2) is 13.2 Å². The van der Waals surface area contributed by atoms with Crippen LogP contribution in [0.2, 0.25) is 0 Å². The lowest BCUT2D eigenvalue weighted by molar-refractivity contribution is 0.0367. The molecule has 0 aromatic heterocycles. The van der Waals surface area contributed by atoms with Gasteiger partial charge < -0.3 is 0 Å². The van der Waals surface area contributed by atoms with Crippen LogP contribution in [0.1, 0.15) is 6.42 Å². The summed E-state index contributed by atoms with van der Waals surface area (Å²) in [5.41, 5.74) is 0. The molecule has 1 nitrogen and oxygen atoms in total. The molecule has 0 N–H and O–H groups in total. The Morgan fingerprint density at radius 2 is 1.50 bits per heavy atom. The van der Waals surface area contributed by atoms with Crippen molar-refractivity contribution in [3.05, 3.63) is 0 Å². The first-order valence-corrected chi connectivity index (χ1v) is 1.58. The van der Waals surface area contributed by atoms with E-state index in [1.807, 2.05) is 0 Å². The Balaban J connectivity index is 2.00. The number of hydrogen-bond donors (Lipinski definition) is 0. The van der Waals surface area contributed by atoms with Crippen molar-refractivity contribution in [2.75, 3.05) is 13.2 Å². The van der Waals surface area contributed by atoms with Gasteiger partial charge in [-0.3, -0.25) is 0 Å². The second-order valence-corrected chi connectivity index (χ2v) is 0.966. The molecule has 0 atom stereocenters. The predicted molar refractivity (Wildman–Crippen MR) is 15.4 cm³/mol. The topological polar surface area (TPSA) is 11.3 Å². The van der Waals surface area contributed by atoms with Crippen molar-refractivity contribution in [2.45, 2.75) is 6.42 Å². The van der Waals surface area contributed by atoms with E-state index in [2.05, 4.69) is 0 Å². The van der Waals surface area contributed by atoms with Gasteiger partial charge in [-0.15, -0.1) is 4.74 Å². The normalized spacial score (nSPS) is 24.0. The summed E-state index contributed by atoms with van der Waals surface area (Å²) < 4.78 is 4.72. The van der Waals surface area contributed by atoms with E-state index in [0.29, 0.717) is 0 Å². The van der Waals surface area contributed by atoms with Crippen LogP contribution in [0.15, 0.2) is 0 Å². The lowest BCUT2D eigenvalue weighted by Crippen LogP contribution is -2.09. The first-order chi connectivity index (χ1) is 2.00. The zero-order chi connectivity index (χ0) is 2.83. The van der Waals surface area contributed by atoms with Gasteiger partial charge in [-0.25, -0.2) is 0 Å². The largest absolute Gasteiger partial charge is 0.227 e. The molecule has 0 bridgehead atoms. The second kappa shape index (κ2) is 0.725. The Kier molecular flexibility index (Phi) is 0.401. The van der Waals surface area contributed by atoms with Crippen LogP contribution in [0.25, 0.3) is 0 Å². The minimum absolute atomic E-state index is 1.00. The quantitative estimate of drug-likeness (QED) is 0.367. The summed E-state index contributed by atoms with van der Waals surface area (Å²) in [6.45, 7) is 2.00. The van der Waals surface area contributed by atoms with Gasteiger partial charge in [0.25, 0.3) is 0 Å². The fraction of sp³-hybridized carbons (Fsp3) is 1.00. The van der Waals surface area contributed by atoms with E-state index >= 15 is 0 Å². The minimum Gasteiger partial charge on any atom is -0.143 e. The average molecular weight is 58.1 g/mol. The molecule has 1 heterocycles. The predicted octanol–water partition coefficient (Wildman–Crippen LogP) is 0.407. The fourth-order valence-electron chi connectivity index (χ4n) is 0.144. The number of ether oxygens (including phenoxy) is 1. The third kappa shape index (κ3) is 0.115. The van der Waals surface area contributed by atoms with Gasteiger partial charge in [-0.1, -0.05) is 0 Å². The van der Waals surface area contributed by atoms with Gasteiger partial charge in [0, 0.05) is 0 Å². The molecule has 0 unspecified atom stereocenters. The highest BCUT2D eigenvalue weighted by Gasteiger charge is 2.11. The van der Waals surface area contributed by atoms with Crippen LogP contribution in [-0.2, 0) is 4.74 Å². The van der Waals surface area contributed by atoms with Crippen LogP contribution in [0.5, 0.6) is 0 Å². The summed E-state index contributed by atoms with van der Waals surface area (Å²) in [4.78, 5) is 0. The standard InChI is InChI=1S/C3H6O/c1-2-4-3-1/h1-3H2/q+1. The number of hydrogen-bond acceptors (Lipinski definition) is 1. The Bertz CT molecular complexity index is 11.2. The fourth-order valence-corrected chi connectivity index (χ4v) is 0.144. The third-order valence-corrected chi connectivity index (χ3v) is 0.577. The van der Waals surface area contributed by atoms with Crippen molar-refractivity contribution in [1.29, 1.82) is 0 Å². The Morgan fingerprint density at radius 3 is 1.50 bits per heavy atom. The summed E-state index contributed by atoms with van der Waals surface area (Å²) in [7, 11) is 0. The lowest BCUT2D eigenvalue weighted by Gasteiger charge is -1.90. The molecule has 1 rings (SSSR count). The molecular weight excluding hydrogens is 52.0 g/mol. The van der Waals surface area contributed by atoms with Crippen LogP contribution in [0.3, 0.4) is 0 Å². The Labute approximate surface area is 25.6 Å². The molecule has 0 aliphatic carbocycles. The second-order valence-electron chi connectivity index (χ2n) is 0.966. The average Bonchev–Trinajstić information content (AvgIpc) is 0.722. The molecule has 1 aliphatic rings. The molecule has 0 spiro atoms. The maximum absolute atomic E-state index is 4.72. The molecule has 0 amide bonds. The van der Waals surface area contributed by atoms with Gasteiger partial charge in [0.15, 0.2) is 0 Å². The van der Waals surface area contributed by atoms with Crippen LogP contribution in [0, 0.1) is 0 Å². The van der Waals surface area contributed by atoms with Crippen molar-refractivity contribution in [2.24, 2.45) is 0 Å². The lowest BCUT2D eigenvalue weighted by atomic mass is 10.4. The molecule has 1 saturated heterocycles. The van der Waals surface area contributed by atoms with E-state index in [9.17, 15) is 0 Å². The maximum Gasteiger partial charge on any atom is 0.227 e. The summed E-state index contributed by atoms with van der Waals surface area (Å²) in [5, 5.41) is 0. The summed E-state index contributed by atoms with van der Waals surface area (Å²) in [6, 6.07) is 0. The highest BCUT2D eigenvalue weighted by atomic mass is 16.5. The summed E-state index contributed by atoms with van der Waals surface area (Å²) in [6.07, 6.45) is 1.28. The summed E-state index contributed by atoms with van der Waals surface area (Å²) >= 11 is 0. The molecule has 1 aliphatic heterocycles. The van der Waals surface area contributed by atoms with Gasteiger partial charge in [0.2, 0.25) is 13.2 Å². The molecule has 0 aromatic carbocycles. The first kappa shape index (κ1) is 2.21. The molecular formula is C3H6O+.